The van der Waals surface area contributed by atoms with Gasteiger partial charge in [-0.05, 0) is 26.2 Å². The van der Waals surface area contributed by atoms with E-state index < -0.39 is 23.6 Å². The number of rotatable bonds is 4. The molecule has 0 bridgehead atoms. The predicted molar refractivity (Wildman–Crippen MR) is 65.5 cm³/mol. The number of hydrogen-bond donors (Lipinski definition) is 3. The Bertz CT molecular complexity index is 373. The molecule has 0 aromatic rings. The van der Waals surface area contributed by atoms with Crippen molar-refractivity contribution in [1.29, 1.82) is 0 Å². The normalized spacial score (nSPS) is 22.7. The number of amides is 3. The maximum absolute atomic E-state index is 11.9. The van der Waals surface area contributed by atoms with Gasteiger partial charge in [-0.25, -0.2) is 14.4 Å². The van der Waals surface area contributed by atoms with Gasteiger partial charge in [-0.3, -0.25) is 0 Å². The molecule has 1 fully saturated rings. The van der Waals surface area contributed by atoms with Gasteiger partial charge in [0.25, 0.3) is 0 Å². The van der Waals surface area contributed by atoms with Crippen LogP contribution >= 0.6 is 0 Å². The molecule has 1 unspecified atom stereocenters. The number of carbonyl (C=O) groups excluding carboxylic acids is 2. The highest BCUT2D eigenvalue weighted by Gasteiger charge is 2.43. The van der Waals surface area contributed by atoms with Crippen molar-refractivity contribution < 1.29 is 24.2 Å². The highest BCUT2D eigenvalue weighted by molar-refractivity contribution is 5.86. The van der Waals surface area contributed by atoms with Crippen LogP contribution in [0.25, 0.3) is 0 Å². The Hall–Kier alpha value is -1.99. The Morgan fingerprint density at radius 1 is 1.42 bits per heavy atom. The summed E-state index contributed by atoms with van der Waals surface area (Å²) in [6.07, 6.45) is 1.06. The molecule has 1 saturated heterocycles. The Morgan fingerprint density at radius 2 is 2.11 bits per heavy atom. The van der Waals surface area contributed by atoms with Crippen LogP contribution in [0.15, 0.2) is 0 Å². The van der Waals surface area contributed by atoms with E-state index in [4.69, 9.17) is 5.73 Å². The molecule has 3 amide bonds. The monoisotopic (exact) mass is 273 g/mol. The van der Waals surface area contributed by atoms with Gasteiger partial charge >= 0.3 is 18.1 Å². The molecule has 0 aromatic heterocycles. The summed E-state index contributed by atoms with van der Waals surface area (Å²) in [4.78, 5) is 34.9. The van der Waals surface area contributed by atoms with E-state index in [0.717, 1.165) is 12.8 Å². The van der Waals surface area contributed by atoms with Gasteiger partial charge in [0.05, 0.1) is 6.54 Å². The summed E-state index contributed by atoms with van der Waals surface area (Å²) in [7, 11) is 0. The molecule has 1 aliphatic rings. The van der Waals surface area contributed by atoms with Crippen molar-refractivity contribution in [2.45, 2.75) is 31.7 Å². The first-order chi connectivity index (χ1) is 8.88. The van der Waals surface area contributed by atoms with Crippen molar-refractivity contribution >= 4 is 18.1 Å². The minimum Gasteiger partial charge on any atom is -0.480 e. The second-order valence-corrected chi connectivity index (χ2v) is 4.59. The topological polar surface area (TPSA) is 122 Å². The molecule has 0 spiro atoms. The van der Waals surface area contributed by atoms with E-state index in [2.05, 4.69) is 10.1 Å². The van der Waals surface area contributed by atoms with Crippen LogP contribution in [0.5, 0.6) is 0 Å². The summed E-state index contributed by atoms with van der Waals surface area (Å²) in [5, 5.41) is 11.8. The second kappa shape index (κ2) is 6.26. The van der Waals surface area contributed by atoms with E-state index in [1.165, 1.54) is 11.8 Å². The fraction of sp³-hybridized carbons (Fsp3) is 0.727. The standard InChI is InChI=1S/C11H19N3O5/c1-11(8(15)16)4-2-3-6-14(11)10(18)13-5-7-19-9(12)17/h2-7H2,1H3,(H2,12,17)(H,13,18)(H,15,16). The minimum absolute atomic E-state index is 0.0430. The first kappa shape index (κ1) is 15.1. The number of nitrogens with two attached hydrogens (primary N) is 1. The predicted octanol–water partition coefficient (Wildman–Crippen LogP) is 0.121. The average Bonchev–Trinajstić information content (AvgIpc) is 2.34. The van der Waals surface area contributed by atoms with Crippen LogP contribution in [0.3, 0.4) is 0 Å². The van der Waals surface area contributed by atoms with Crippen LogP contribution in [0.2, 0.25) is 0 Å². The van der Waals surface area contributed by atoms with E-state index in [1.807, 2.05) is 0 Å². The van der Waals surface area contributed by atoms with Gasteiger partial charge in [0, 0.05) is 6.54 Å². The van der Waals surface area contributed by atoms with Crippen LogP contribution in [-0.2, 0) is 9.53 Å². The summed E-state index contributed by atoms with van der Waals surface area (Å²) in [5.41, 5.74) is 3.59. The molecule has 19 heavy (non-hydrogen) atoms. The van der Waals surface area contributed by atoms with E-state index in [0.29, 0.717) is 13.0 Å². The first-order valence-electron chi connectivity index (χ1n) is 6.09. The van der Waals surface area contributed by atoms with Crippen molar-refractivity contribution in [2.75, 3.05) is 19.7 Å². The molecule has 0 aliphatic carbocycles. The molecule has 1 atom stereocenters. The van der Waals surface area contributed by atoms with E-state index >= 15 is 0 Å². The molecule has 1 aliphatic heterocycles. The number of likely N-dealkylation sites (tertiary alicyclic amines) is 1. The summed E-state index contributed by atoms with van der Waals surface area (Å²) < 4.78 is 4.47. The molecule has 4 N–H and O–H groups in total. The van der Waals surface area contributed by atoms with Crippen molar-refractivity contribution in [1.82, 2.24) is 10.2 Å². The number of nitrogens with zero attached hydrogens (tertiary/aromatic N) is 1. The number of urea groups is 1. The zero-order chi connectivity index (χ0) is 14.5. The van der Waals surface area contributed by atoms with Gasteiger partial charge in [0.15, 0.2) is 0 Å². The third kappa shape index (κ3) is 3.73. The van der Waals surface area contributed by atoms with Crippen molar-refractivity contribution in [3.63, 3.8) is 0 Å². The molecule has 0 saturated carbocycles. The van der Waals surface area contributed by atoms with Crippen molar-refractivity contribution in [3.05, 3.63) is 0 Å². The van der Waals surface area contributed by atoms with Crippen LogP contribution in [-0.4, -0.2) is 53.3 Å². The van der Waals surface area contributed by atoms with Crippen LogP contribution in [0.4, 0.5) is 9.59 Å². The molecule has 108 valence electrons. The van der Waals surface area contributed by atoms with E-state index in [-0.39, 0.29) is 13.2 Å². The number of nitrogens with one attached hydrogen (secondary N) is 1. The number of carboxylic acids is 1. The van der Waals surface area contributed by atoms with Gasteiger partial charge in [0.1, 0.15) is 12.1 Å². The van der Waals surface area contributed by atoms with Gasteiger partial charge in [0.2, 0.25) is 0 Å². The van der Waals surface area contributed by atoms with E-state index in [9.17, 15) is 19.5 Å². The number of piperidine rings is 1. The van der Waals surface area contributed by atoms with Crippen LogP contribution in [0.1, 0.15) is 26.2 Å². The number of aliphatic carboxylic acids is 1. The lowest BCUT2D eigenvalue weighted by Crippen LogP contribution is -2.60. The maximum Gasteiger partial charge on any atom is 0.404 e. The zero-order valence-electron chi connectivity index (χ0n) is 10.8. The van der Waals surface area contributed by atoms with Gasteiger partial charge in [-0.2, -0.15) is 0 Å². The molecule has 8 heteroatoms. The van der Waals surface area contributed by atoms with Crippen molar-refractivity contribution in [3.8, 4) is 0 Å². The van der Waals surface area contributed by atoms with Gasteiger partial charge < -0.3 is 25.8 Å². The maximum atomic E-state index is 11.9. The molecular formula is C11H19N3O5. The lowest BCUT2D eigenvalue weighted by Gasteiger charge is -2.41. The first-order valence-corrected chi connectivity index (χ1v) is 6.09. The van der Waals surface area contributed by atoms with E-state index in [1.54, 1.807) is 0 Å². The van der Waals surface area contributed by atoms with Crippen LogP contribution < -0.4 is 11.1 Å². The minimum atomic E-state index is -1.19. The molecule has 1 heterocycles. The molecule has 0 aromatic carbocycles. The smallest absolute Gasteiger partial charge is 0.404 e. The fourth-order valence-electron chi connectivity index (χ4n) is 2.07. The summed E-state index contributed by atoms with van der Waals surface area (Å²) in [6.45, 7) is 1.98. The quantitative estimate of drug-likeness (QED) is 0.628. The third-order valence-electron chi connectivity index (χ3n) is 3.22. The highest BCUT2D eigenvalue weighted by Crippen LogP contribution is 2.28. The second-order valence-electron chi connectivity index (χ2n) is 4.59. The lowest BCUT2D eigenvalue weighted by atomic mass is 9.89. The van der Waals surface area contributed by atoms with Crippen LogP contribution in [0, 0.1) is 0 Å². The third-order valence-corrected chi connectivity index (χ3v) is 3.22. The molecule has 8 nitrogen and oxygen atoms in total. The SMILES string of the molecule is CC1(C(=O)O)CCCCN1C(=O)NCCOC(N)=O. The Morgan fingerprint density at radius 3 is 2.68 bits per heavy atom. The Labute approximate surface area is 110 Å². The molecule has 1 rings (SSSR count). The Balaban J connectivity index is 2.53. The number of hydrogen-bond acceptors (Lipinski definition) is 4. The highest BCUT2D eigenvalue weighted by atomic mass is 16.5. The fourth-order valence-corrected chi connectivity index (χ4v) is 2.07. The van der Waals surface area contributed by atoms with Gasteiger partial charge in [-0.1, -0.05) is 0 Å². The number of carboxylic acid groups (broad SMARTS) is 1. The van der Waals surface area contributed by atoms with Gasteiger partial charge in [-0.15, -0.1) is 0 Å². The summed E-state index contributed by atoms with van der Waals surface area (Å²) >= 11 is 0. The zero-order valence-corrected chi connectivity index (χ0v) is 10.8. The number of ether oxygens (including phenoxy) is 1. The number of carbonyl (C=O) groups is 3. The van der Waals surface area contributed by atoms with Crippen molar-refractivity contribution in [2.24, 2.45) is 5.73 Å². The molecule has 0 radical (unpaired) electrons. The Kier molecular flexibility index (Phi) is 4.96. The number of primary amides is 1. The average molecular weight is 273 g/mol. The summed E-state index contributed by atoms with van der Waals surface area (Å²) in [5.74, 6) is -1.02. The largest absolute Gasteiger partial charge is 0.480 e. The summed E-state index contributed by atoms with van der Waals surface area (Å²) in [6, 6.07) is -0.474. The lowest BCUT2D eigenvalue weighted by molar-refractivity contribution is -0.150. The molecular weight excluding hydrogens is 254 g/mol.